The summed E-state index contributed by atoms with van der Waals surface area (Å²) in [6, 6.07) is 4.78. The second kappa shape index (κ2) is 5.98. The van der Waals surface area contributed by atoms with E-state index in [0.717, 1.165) is 5.56 Å². The summed E-state index contributed by atoms with van der Waals surface area (Å²) in [5, 5.41) is 17.7. The number of aliphatic hydroxyl groups excluding tert-OH is 1. The van der Waals surface area contributed by atoms with E-state index in [2.05, 4.69) is 0 Å². The normalized spacial score (nSPS) is 14.0. The Bertz CT molecular complexity index is 468. The van der Waals surface area contributed by atoms with Gasteiger partial charge in [-0.3, -0.25) is 4.79 Å². The molecule has 4 nitrogen and oxygen atoms in total. The van der Waals surface area contributed by atoms with Gasteiger partial charge >= 0.3 is 5.97 Å². The van der Waals surface area contributed by atoms with Crippen LogP contribution in [0.2, 0.25) is 0 Å². The van der Waals surface area contributed by atoms with Crippen molar-refractivity contribution in [1.82, 2.24) is 0 Å². The maximum atomic E-state index is 11.9. The zero-order chi connectivity index (χ0) is 13.9. The minimum absolute atomic E-state index is 0.0966. The largest absolute Gasteiger partial charge is 0.479 e. The zero-order valence-electron chi connectivity index (χ0n) is 10.2. The van der Waals surface area contributed by atoms with Gasteiger partial charge in [0.15, 0.2) is 11.9 Å². The van der Waals surface area contributed by atoms with Gasteiger partial charge in [-0.15, -0.1) is 11.6 Å². The number of ketones is 1. The molecule has 0 spiro atoms. The number of benzene rings is 1. The maximum absolute atomic E-state index is 11.9. The lowest BCUT2D eigenvalue weighted by Gasteiger charge is -2.14. The summed E-state index contributed by atoms with van der Waals surface area (Å²) < 4.78 is 0. The first-order chi connectivity index (χ1) is 8.38. The maximum Gasteiger partial charge on any atom is 0.337 e. The summed E-state index contributed by atoms with van der Waals surface area (Å²) in [6.07, 6.45) is -1.03. The molecule has 0 fully saturated rings. The number of hydrogen-bond donors (Lipinski definition) is 2. The van der Waals surface area contributed by atoms with Crippen LogP contribution >= 0.6 is 11.6 Å². The van der Waals surface area contributed by atoms with Crippen molar-refractivity contribution in [2.24, 2.45) is 0 Å². The van der Waals surface area contributed by atoms with Gasteiger partial charge in [0.25, 0.3) is 0 Å². The molecule has 1 aromatic carbocycles. The van der Waals surface area contributed by atoms with Crippen molar-refractivity contribution in [3.8, 4) is 0 Å². The van der Waals surface area contributed by atoms with Crippen LogP contribution in [0.1, 0.15) is 41.4 Å². The van der Waals surface area contributed by atoms with E-state index in [1.807, 2.05) is 6.92 Å². The number of alkyl halides is 1. The molecule has 2 unspecified atom stereocenters. The number of rotatable bonds is 5. The van der Waals surface area contributed by atoms with E-state index in [1.165, 1.54) is 19.1 Å². The fourth-order valence-corrected chi connectivity index (χ4v) is 1.75. The van der Waals surface area contributed by atoms with E-state index in [1.54, 1.807) is 6.07 Å². The first-order valence-electron chi connectivity index (χ1n) is 5.60. The van der Waals surface area contributed by atoms with E-state index in [4.69, 9.17) is 16.7 Å². The average Bonchev–Trinajstić information content (AvgIpc) is 2.35. The Labute approximate surface area is 110 Å². The Kier molecular flexibility index (Phi) is 4.87. The molecular formula is C13H15ClO4. The molecule has 0 saturated heterocycles. The fourth-order valence-electron chi connectivity index (χ4n) is 1.63. The molecule has 0 saturated carbocycles. The number of carboxylic acids is 1. The molecule has 2 N–H and O–H groups in total. The van der Waals surface area contributed by atoms with Gasteiger partial charge in [-0.2, -0.15) is 0 Å². The van der Waals surface area contributed by atoms with Crippen LogP contribution in [0.4, 0.5) is 0 Å². The predicted octanol–water partition coefficient (Wildman–Crippen LogP) is 2.18. The number of halogens is 1. The third-order valence-electron chi connectivity index (χ3n) is 2.68. The monoisotopic (exact) mass is 270 g/mol. The first kappa shape index (κ1) is 14.7. The van der Waals surface area contributed by atoms with Crippen LogP contribution < -0.4 is 0 Å². The first-order valence-corrected chi connectivity index (χ1v) is 6.04. The molecule has 0 bridgehead atoms. The topological polar surface area (TPSA) is 74.6 Å². The van der Waals surface area contributed by atoms with Crippen LogP contribution in [0.25, 0.3) is 0 Å². The number of carbonyl (C=O) groups is 2. The molecule has 1 rings (SSSR count). The van der Waals surface area contributed by atoms with Crippen LogP contribution in [-0.2, 0) is 11.2 Å². The van der Waals surface area contributed by atoms with E-state index >= 15 is 0 Å². The smallest absolute Gasteiger partial charge is 0.337 e. The summed E-state index contributed by atoms with van der Waals surface area (Å²) in [7, 11) is 0. The summed E-state index contributed by atoms with van der Waals surface area (Å²) in [4.78, 5) is 22.7. The number of hydrogen-bond acceptors (Lipinski definition) is 3. The van der Waals surface area contributed by atoms with Crippen molar-refractivity contribution in [2.45, 2.75) is 31.7 Å². The number of aryl methyl sites for hydroxylation is 1. The number of Topliss-reactive ketones (excluding diaryl/α,β-unsaturated/α-hetero) is 1. The van der Waals surface area contributed by atoms with Crippen molar-refractivity contribution >= 4 is 23.4 Å². The van der Waals surface area contributed by atoms with Crippen molar-refractivity contribution in [1.29, 1.82) is 0 Å². The minimum Gasteiger partial charge on any atom is -0.479 e. The molecule has 0 aliphatic rings. The second-order valence-corrected chi connectivity index (χ2v) is 4.65. The average molecular weight is 271 g/mol. The summed E-state index contributed by atoms with van der Waals surface area (Å²) in [5.74, 6) is -1.78. The van der Waals surface area contributed by atoms with Gasteiger partial charge in [-0.05, 0) is 18.9 Å². The van der Waals surface area contributed by atoms with E-state index < -0.39 is 23.2 Å². The van der Waals surface area contributed by atoms with E-state index in [0.29, 0.717) is 6.42 Å². The van der Waals surface area contributed by atoms with Gasteiger partial charge in [0.2, 0.25) is 0 Å². The highest BCUT2D eigenvalue weighted by atomic mass is 35.5. The Morgan fingerprint density at radius 1 is 1.39 bits per heavy atom. The molecule has 0 aliphatic carbocycles. The third-order valence-corrected chi connectivity index (χ3v) is 2.88. The molecule has 5 heteroatoms. The fraction of sp³-hybridized carbons (Fsp3) is 0.385. The molecule has 98 valence electrons. The van der Waals surface area contributed by atoms with Crippen LogP contribution in [-0.4, -0.2) is 27.3 Å². The molecule has 1 aromatic rings. The number of carbonyl (C=O) groups excluding carboxylic acids is 1. The Hall–Kier alpha value is -1.39. The van der Waals surface area contributed by atoms with Gasteiger partial charge in [0.05, 0.1) is 5.38 Å². The highest BCUT2D eigenvalue weighted by molar-refractivity contribution is 6.33. The number of aliphatic carboxylic acids is 1. The van der Waals surface area contributed by atoms with Gasteiger partial charge < -0.3 is 10.2 Å². The Balaban J connectivity index is 3.33. The lowest BCUT2D eigenvalue weighted by molar-refractivity contribution is -0.146. The van der Waals surface area contributed by atoms with Crippen molar-refractivity contribution in [2.75, 3.05) is 0 Å². The summed E-state index contributed by atoms with van der Waals surface area (Å²) in [5.41, 5.74) is 1.10. The predicted molar refractivity (Wildman–Crippen MR) is 68.1 cm³/mol. The van der Waals surface area contributed by atoms with E-state index in [9.17, 15) is 14.7 Å². The number of carboxylic acid groups (broad SMARTS) is 1. The van der Waals surface area contributed by atoms with Crippen LogP contribution in [0.3, 0.4) is 0 Å². The molecule has 2 atom stereocenters. The van der Waals surface area contributed by atoms with Crippen molar-refractivity contribution in [3.63, 3.8) is 0 Å². The van der Waals surface area contributed by atoms with Crippen LogP contribution in [0.5, 0.6) is 0 Å². The van der Waals surface area contributed by atoms with Gasteiger partial charge in [0.1, 0.15) is 0 Å². The van der Waals surface area contributed by atoms with Crippen LogP contribution in [0, 0.1) is 0 Å². The molecule has 18 heavy (non-hydrogen) atoms. The van der Waals surface area contributed by atoms with E-state index in [-0.39, 0.29) is 11.1 Å². The highest BCUT2D eigenvalue weighted by Gasteiger charge is 2.24. The van der Waals surface area contributed by atoms with Gasteiger partial charge in [-0.25, -0.2) is 4.79 Å². The quantitative estimate of drug-likeness (QED) is 0.635. The van der Waals surface area contributed by atoms with Crippen molar-refractivity contribution < 1.29 is 19.8 Å². The lowest BCUT2D eigenvalue weighted by Crippen LogP contribution is -2.19. The van der Waals surface area contributed by atoms with Crippen LogP contribution in [0.15, 0.2) is 18.2 Å². The third kappa shape index (κ3) is 3.09. The Morgan fingerprint density at radius 2 is 2.00 bits per heavy atom. The highest BCUT2D eigenvalue weighted by Crippen LogP contribution is 2.23. The molecule has 0 radical (unpaired) electrons. The molecular weight excluding hydrogens is 256 g/mol. The SMILES string of the molecule is CCc1ccc(C(=O)C(C)Cl)c(C(O)C(=O)O)c1. The molecule has 0 aliphatic heterocycles. The molecule has 0 aromatic heterocycles. The zero-order valence-corrected chi connectivity index (χ0v) is 10.9. The van der Waals surface area contributed by atoms with Crippen molar-refractivity contribution in [3.05, 3.63) is 34.9 Å². The second-order valence-electron chi connectivity index (χ2n) is 4.00. The van der Waals surface area contributed by atoms with Gasteiger partial charge in [-0.1, -0.05) is 25.1 Å². The lowest BCUT2D eigenvalue weighted by atomic mass is 9.95. The standard InChI is InChI=1S/C13H15ClO4/c1-3-8-4-5-9(11(15)7(2)14)10(6-8)12(16)13(17)18/h4-7,12,16H,3H2,1-2H3,(H,17,18). The minimum atomic E-state index is -1.72. The number of aliphatic hydroxyl groups is 1. The summed E-state index contributed by atoms with van der Waals surface area (Å²) >= 11 is 5.71. The molecule has 0 amide bonds. The molecule has 0 heterocycles. The van der Waals surface area contributed by atoms with Gasteiger partial charge in [0, 0.05) is 11.1 Å². The summed E-state index contributed by atoms with van der Waals surface area (Å²) in [6.45, 7) is 3.41. The Morgan fingerprint density at radius 3 is 2.44 bits per heavy atom.